The molecular formula is C25H33N4O7PS. The predicted molar refractivity (Wildman–Crippen MR) is 147 cm³/mol. The van der Waals surface area contributed by atoms with Gasteiger partial charge in [-0.1, -0.05) is 6.07 Å². The van der Waals surface area contributed by atoms with Crippen LogP contribution < -0.4 is 15.8 Å². The summed E-state index contributed by atoms with van der Waals surface area (Å²) in [6.07, 6.45) is 0.397. The molecule has 3 aromatic rings. The van der Waals surface area contributed by atoms with E-state index in [4.69, 9.17) is 9.05 Å². The Hall–Kier alpha value is -3.05. The number of benzene rings is 1. The lowest BCUT2D eigenvalue weighted by Crippen LogP contribution is -2.40. The van der Waals surface area contributed by atoms with E-state index in [0.717, 1.165) is 10.6 Å². The first-order valence-corrected chi connectivity index (χ1v) is 14.8. The highest BCUT2D eigenvalue weighted by atomic mass is 32.1. The molecule has 0 spiro atoms. The molecule has 2 aromatic heterocycles. The van der Waals surface area contributed by atoms with Crippen molar-refractivity contribution in [3.8, 4) is 0 Å². The number of aromatic amines is 1. The molecule has 206 valence electrons. The maximum absolute atomic E-state index is 12.8. The van der Waals surface area contributed by atoms with E-state index >= 15 is 0 Å². The molecule has 0 aliphatic heterocycles. The summed E-state index contributed by atoms with van der Waals surface area (Å²) in [7, 11) is -1.42. The Morgan fingerprint density at radius 3 is 2.58 bits per heavy atom. The number of thiophene rings is 1. The molecule has 0 radical (unpaired) electrons. The molecule has 2 heterocycles. The first-order valence-electron chi connectivity index (χ1n) is 12.3. The lowest BCUT2D eigenvalue weighted by molar-refractivity contribution is -0.139. The van der Waals surface area contributed by atoms with E-state index in [0.29, 0.717) is 28.1 Å². The highest BCUT2D eigenvalue weighted by molar-refractivity contribution is 7.53. The molecule has 0 saturated heterocycles. The minimum atomic E-state index is -3.29. The molecule has 0 unspecified atom stereocenters. The number of aryl methyl sites for hydroxylation is 1. The number of hydrogen-bond donors (Lipinski definition) is 3. The van der Waals surface area contributed by atoms with Crippen molar-refractivity contribution in [3.05, 3.63) is 57.0 Å². The summed E-state index contributed by atoms with van der Waals surface area (Å²) in [5.74, 6) is -1.12. The monoisotopic (exact) mass is 564 g/mol. The number of nitrogens with one attached hydrogen (secondary N) is 2. The highest BCUT2D eigenvalue weighted by Crippen LogP contribution is 2.48. The van der Waals surface area contributed by atoms with E-state index in [1.165, 1.54) is 11.3 Å². The van der Waals surface area contributed by atoms with Crippen LogP contribution in [0.4, 0.5) is 5.00 Å². The number of carboxylic acids is 1. The van der Waals surface area contributed by atoms with Crippen LogP contribution in [0.25, 0.3) is 10.9 Å². The molecule has 0 aliphatic carbocycles. The Kier molecular flexibility index (Phi) is 10.2. The molecular weight excluding hydrogens is 531 g/mol. The van der Waals surface area contributed by atoms with Crippen molar-refractivity contribution in [2.45, 2.75) is 46.2 Å². The summed E-state index contributed by atoms with van der Waals surface area (Å²) >= 11 is 1.23. The third-order valence-corrected chi connectivity index (χ3v) is 9.04. The van der Waals surface area contributed by atoms with E-state index in [2.05, 4.69) is 15.3 Å². The number of carbonyl (C=O) groups is 2. The highest BCUT2D eigenvalue weighted by Gasteiger charge is 2.26. The van der Waals surface area contributed by atoms with Crippen LogP contribution in [0.2, 0.25) is 0 Å². The largest absolute Gasteiger partial charge is 0.480 e. The number of nitrogens with zero attached hydrogens (tertiary/aromatic N) is 2. The van der Waals surface area contributed by atoms with Gasteiger partial charge in [-0.15, -0.1) is 11.3 Å². The normalized spacial score (nSPS) is 12.4. The standard InChI is InChI=1S/C25H33N4O7PS/c1-5-35-37(34,36-6-2)13-7-8-20(25(32)33)28-24(31)21-11-12-22(38-21)29(4)15-17-9-10-19-18(14-17)23(30)27-16(3)26-19/h9-12,14,20H,5-8,13,15H2,1-4H3,(H,28,31)(H,32,33)(H,26,27,30)/t20-/m0/s1. The molecule has 3 N–H and O–H groups in total. The summed E-state index contributed by atoms with van der Waals surface area (Å²) < 4.78 is 23.1. The van der Waals surface area contributed by atoms with Gasteiger partial charge in [0.2, 0.25) is 0 Å². The summed E-state index contributed by atoms with van der Waals surface area (Å²) in [6, 6.07) is 7.79. The fourth-order valence-electron chi connectivity index (χ4n) is 3.94. The Balaban J connectivity index is 1.62. The van der Waals surface area contributed by atoms with E-state index in [9.17, 15) is 24.1 Å². The smallest absolute Gasteiger partial charge is 0.330 e. The fraction of sp³-hybridized carbons (Fsp3) is 0.440. The van der Waals surface area contributed by atoms with Crippen molar-refractivity contribution in [3.63, 3.8) is 0 Å². The summed E-state index contributed by atoms with van der Waals surface area (Å²) in [5.41, 5.74) is 1.33. The van der Waals surface area contributed by atoms with E-state index in [-0.39, 0.29) is 37.8 Å². The van der Waals surface area contributed by atoms with Crippen LogP contribution in [0.3, 0.4) is 0 Å². The molecule has 1 aromatic carbocycles. The number of aliphatic carboxylic acids is 1. The molecule has 0 aliphatic rings. The zero-order chi connectivity index (χ0) is 27.9. The van der Waals surface area contributed by atoms with Crippen molar-refractivity contribution in [2.75, 3.05) is 31.3 Å². The van der Waals surface area contributed by atoms with Gasteiger partial charge in [0, 0.05) is 13.6 Å². The number of anilines is 1. The number of rotatable bonds is 14. The summed E-state index contributed by atoms with van der Waals surface area (Å²) in [5, 5.41) is 13.4. The number of amides is 1. The van der Waals surface area contributed by atoms with Crippen LogP contribution in [0.5, 0.6) is 0 Å². The average molecular weight is 565 g/mol. The van der Waals surface area contributed by atoms with Crippen molar-refractivity contribution >= 4 is 46.7 Å². The van der Waals surface area contributed by atoms with Gasteiger partial charge in [0.05, 0.1) is 40.2 Å². The number of hydrogen-bond acceptors (Lipinski definition) is 9. The van der Waals surface area contributed by atoms with E-state index < -0.39 is 25.5 Å². The van der Waals surface area contributed by atoms with Crippen LogP contribution in [0, 0.1) is 6.92 Å². The molecule has 1 atom stereocenters. The second-order valence-corrected chi connectivity index (χ2v) is 11.9. The van der Waals surface area contributed by atoms with E-state index in [1.807, 2.05) is 24.1 Å². The van der Waals surface area contributed by atoms with Gasteiger partial charge < -0.3 is 29.4 Å². The Labute approximate surface area is 224 Å². The van der Waals surface area contributed by atoms with Crippen LogP contribution in [-0.4, -0.2) is 59.4 Å². The lowest BCUT2D eigenvalue weighted by Gasteiger charge is -2.19. The first-order chi connectivity index (χ1) is 18.0. The minimum Gasteiger partial charge on any atom is -0.480 e. The van der Waals surface area contributed by atoms with Gasteiger partial charge in [-0.3, -0.25) is 14.2 Å². The second kappa shape index (κ2) is 13.1. The van der Waals surface area contributed by atoms with Gasteiger partial charge in [-0.05, 0) is 63.4 Å². The summed E-state index contributed by atoms with van der Waals surface area (Å²) in [4.78, 5) is 46.2. The Morgan fingerprint density at radius 2 is 1.92 bits per heavy atom. The number of aromatic nitrogens is 2. The second-order valence-electron chi connectivity index (χ2n) is 8.67. The minimum absolute atomic E-state index is 0.0680. The maximum Gasteiger partial charge on any atom is 0.330 e. The van der Waals surface area contributed by atoms with Crippen molar-refractivity contribution in [2.24, 2.45) is 0 Å². The fourth-order valence-corrected chi connectivity index (χ4v) is 6.50. The molecule has 0 fully saturated rings. The molecule has 11 nitrogen and oxygen atoms in total. The zero-order valence-corrected chi connectivity index (χ0v) is 23.6. The molecule has 38 heavy (non-hydrogen) atoms. The topological polar surface area (TPSA) is 151 Å². The Morgan fingerprint density at radius 1 is 1.21 bits per heavy atom. The van der Waals surface area contributed by atoms with Gasteiger partial charge in [0.15, 0.2) is 0 Å². The van der Waals surface area contributed by atoms with Crippen LogP contribution >= 0.6 is 18.9 Å². The van der Waals surface area contributed by atoms with Gasteiger partial charge in [0.1, 0.15) is 11.9 Å². The van der Waals surface area contributed by atoms with Crippen molar-refractivity contribution < 1.29 is 28.3 Å². The molecule has 3 rings (SSSR count). The van der Waals surface area contributed by atoms with Gasteiger partial charge in [0.25, 0.3) is 11.5 Å². The van der Waals surface area contributed by atoms with Gasteiger partial charge in [-0.2, -0.15) is 0 Å². The Bertz CT molecular complexity index is 1380. The number of carbonyl (C=O) groups excluding carboxylic acids is 1. The average Bonchev–Trinajstić information content (AvgIpc) is 3.35. The maximum atomic E-state index is 12.8. The quantitative estimate of drug-likeness (QED) is 0.245. The van der Waals surface area contributed by atoms with Gasteiger partial charge in [-0.25, -0.2) is 9.78 Å². The van der Waals surface area contributed by atoms with Crippen LogP contribution in [0.15, 0.2) is 35.1 Å². The number of fused-ring (bicyclic) bond motifs is 1. The zero-order valence-electron chi connectivity index (χ0n) is 21.9. The predicted octanol–water partition coefficient (Wildman–Crippen LogP) is 4.16. The molecule has 0 saturated carbocycles. The lowest BCUT2D eigenvalue weighted by atomic mass is 10.1. The van der Waals surface area contributed by atoms with Crippen LogP contribution in [0.1, 0.15) is 47.7 Å². The van der Waals surface area contributed by atoms with Gasteiger partial charge >= 0.3 is 13.6 Å². The molecule has 0 bridgehead atoms. The molecule has 1 amide bonds. The van der Waals surface area contributed by atoms with Crippen molar-refractivity contribution in [1.82, 2.24) is 15.3 Å². The summed E-state index contributed by atoms with van der Waals surface area (Å²) in [6.45, 7) is 6.08. The third-order valence-electron chi connectivity index (χ3n) is 5.68. The number of carboxylic acid groups (broad SMARTS) is 1. The SMILES string of the molecule is CCOP(=O)(CCC[C@H](NC(=O)c1ccc(N(C)Cc2ccc3nc(C)[nH]c(=O)c3c2)s1)C(=O)O)OCC. The van der Waals surface area contributed by atoms with Crippen molar-refractivity contribution in [1.29, 1.82) is 0 Å². The first kappa shape index (κ1) is 29.5. The molecule has 13 heteroatoms. The van der Waals surface area contributed by atoms with E-state index in [1.54, 1.807) is 39.0 Å². The van der Waals surface area contributed by atoms with Crippen LogP contribution in [-0.2, 0) is 25.0 Å². The number of H-pyrrole nitrogens is 1. The third kappa shape index (κ3) is 7.73.